The highest BCUT2D eigenvalue weighted by Gasteiger charge is 2.20. The van der Waals surface area contributed by atoms with Gasteiger partial charge in [0.15, 0.2) is 0 Å². The second kappa shape index (κ2) is 8.11. The summed E-state index contributed by atoms with van der Waals surface area (Å²) < 4.78 is 5.46. The number of nitro benzene ring substituents is 1. The number of amides is 1. The number of benzene rings is 1. The smallest absolute Gasteiger partial charge is 0.282 e. The molecule has 1 heterocycles. The third kappa shape index (κ3) is 4.56. The Morgan fingerprint density at radius 1 is 1.28 bits per heavy atom. The van der Waals surface area contributed by atoms with E-state index in [0.717, 1.165) is 37.4 Å². The maximum Gasteiger partial charge on any atom is 0.282 e. The van der Waals surface area contributed by atoms with E-state index in [4.69, 9.17) is 4.42 Å². The monoisotopic (exact) mass is 362 g/mol. The molecule has 1 aliphatic rings. The number of nitro groups is 1. The van der Waals surface area contributed by atoms with E-state index in [-0.39, 0.29) is 40.1 Å². The molecule has 1 aromatic heterocycles. The summed E-state index contributed by atoms with van der Waals surface area (Å²) in [4.78, 5) is 22.6. The number of rotatable bonds is 6. The predicted octanol–water partition coefficient (Wildman–Crippen LogP) is 3.19. The summed E-state index contributed by atoms with van der Waals surface area (Å²) in [5.74, 6) is 0.180. The number of para-hydroxylation sites is 1. The van der Waals surface area contributed by atoms with Gasteiger partial charge in [-0.05, 0) is 18.9 Å². The van der Waals surface area contributed by atoms with Gasteiger partial charge in [0, 0.05) is 12.1 Å². The first-order valence-corrected chi connectivity index (χ1v) is 9.11. The largest absolute Gasteiger partial charge is 0.411 e. The molecule has 132 valence electrons. The molecule has 0 atom stereocenters. The molecule has 2 aromatic rings. The molecule has 1 aliphatic carbocycles. The van der Waals surface area contributed by atoms with Crippen LogP contribution in [0.4, 0.5) is 5.69 Å². The minimum atomic E-state index is -0.496. The van der Waals surface area contributed by atoms with Crippen LogP contribution in [0.1, 0.15) is 32.1 Å². The van der Waals surface area contributed by atoms with E-state index in [0.29, 0.717) is 0 Å². The van der Waals surface area contributed by atoms with Crippen molar-refractivity contribution in [2.24, 2.45) is 0 Å². The summed E-state index contributed by atoms with van der Waals surface area (Å²) >= 11 is 1.12. The average molecular weight is 362 g/mol. The van der Waals surface area contributed by atoms with Crippen LogP contribution in [0, 0.1) is 10.1 Å². The molecule has 0 aliphatic heterocycles. The van der Waals surface area contributed by atoms with E-state index in [2.05, 4.69) is 15.5 Å². The number of hydrogen-bond acceptors (Lipinski definition) is 7. The van der Waals surface area contributed by atoms with Crippen molar-refractivity contribution in [1.29, 1.82) is 0 Å². The van der Waals surface area contributed by atoms with Crippen LogP contribution in [-0.2, 0) is 4.79 Å². The SMILES string of the molecule is O=C(CSc1nnc(-c2ccccc2[N+](=O)[O-])o1)NC1CCCCC1. The number of nitrogens with zero attached hydrogens (tertiary/aromatic N) is 3. The Bertz CT molecular complexity index is 758. The summed E-state index contributed by atoms with van der Waals surface area (Å²) in [6.07, 6.45) is 5.59. The molecule has 1 aromatic carbocycles. The Kier molecular flexibility index (Phi) is 5.64. The lowest BCUT2D eigenvalue weighted by Gasteiger charge is -2.22. The van der Waals surface area contributed by atoms with Crippen molar-refractivity contribution in [3.05, 3.63) is 34.4 Å². The maximum atomic E-state index is 12.0. The lowest BCUT2D eigenvalue weighted by molar-refractivity contribution is -0.384. The zero-order chi connectivity index (χ0) is 17.6. The van der Waals surface area contributed by atoms with Gasteiger partial charge in [-0.25, -0.2) is 0 Å². The van der Waals surface area contributed by atoms with Crippen molar-refractivity contribution in [1.82, 2.24) is 15.5 Å². The molecule has 3 rings (SSSR count). The number of thioether (sulfide) groups is 1. The third-order valence-electron chi connectivity index (χ3n) is 4.03. The normalized spacial score (nSPS) is 15.0. The van der Waals surface area contributed by atoms with Crippen LogP contribution in [0.2, 0.25) is 0 Å². The third-order valence-corrected chi connectivity index (χ3v) is 4.85. The van der Waals surface area contributed by atoms with Crippen LogP contribution in [0.5, 0.6) is 0 Å². The van der Waals surface area contributed by atoms with Crippen LogP contribution in [0.3, 0.4) is 0 Å². The van der Waals surface area contributed by atoms with E-state index < -0.39 is 4.92 Å². The Hall–Kier alpha value is -2.42. The van der Waals surface area contributed by atoms with Crippen LogP contribution in [0.15, 0.2) is 33.9 Å². The summed E-state index contributed by atoms with van der Waals surface area (Å²) in [6.45, 7) is 0. The van der Waals surface area contributed by atoms with Crippen molar-refractivity contribution in [2.45, 2.75) is 43.4 Å². The summed E-state index contributed by atoms with van der Waals surface area (Å²) in [5.41, 5.74) is 0.163. The van der Waals surface area contributed by atoms with Gasteiger partial charge in [-0.1, -0.05) is 43.2 Å². The Morgan fingerprint density at radius 3 is 2.80 bits per heavy atom. The molecule has 0 unspecified atom stereocenters. The van der Waals surface area contributed by atoms with Crippen molar-refractivity contribution < 1.29 is 14.1 Å². The van der Waals surface area contributed by atoms with E-state index in [1.807, 2.05) is 0 Å². The van der Waals surface area contributed by atoms with Gasteiger partial charge >= 0.3 is 0 Å². The number of aromatic nitrogens is 2. The lowest BCUT2D eigenvalue weighted by Crippen LogP contribution is -2.37. The summed E-state index contributed by atoms with van der Waals surface area (Å²) in [7, 11) is 0. The molecule has 1 fully saturated rings. The molecular formula is C16H18N4O4S. The molecule has 25 heavy (non-hydrogen) atoms. The molecular weight excluding hydrogens is 344 g/mol. The van der Waals surface area contributed by atoms with Crippen LogP contribution >= 0.6 is 11.8 Å². The molecule has 9 heteroatoms. The zero-order valence-corrected chi connectivity index (χ0v) is 14.3. The van der Waals surface area contributed by atoms with Gasteiger partial charge in [0.2, 0.25) is 5.91 Å². The molecule has 8 nitrogen and oxygen atoms in total. The van der Waals surface area contributed by atoms with Crippen molar-refractivity contribution >= 4 is 23.4 Å². The van der Waals surface area contributed by atoms with Gasteiger partial charge in [-0.2, -0.15) is 0 Å². The number of hydrogen-bond donors (Lipinski definition) is 1. The highest BCUT2D eigenvalue weighted by Crippen LogP contribution is 2.30. The van der Waals surface area contributed by atoms with E-state index in [1.165, 1.54) is 12.5 Å². The fraction of sp³-hybridized carbons (Fsp3) is 0.438. The first kappa shape index (κ1) is 17.4. The fourth-order valence-corrected chi connectivity index (χ4v) is 3.41. The van der Waals surface area contributed by atoms with Crippen LogP contribution in [0.25, 0.3) is 11.5 Å². The zero-order valence-electron chi connectivity index (χ0n) is 13.5. The predicted molar refractivity (Wildman–Crippen MR) is 92.1 cm³/mol. The molecule has 0 bridgehead atoms. The molecule has 1 amide bonds. The van der Waals surface area contributed by atoms with E-state index in [9.17, 15) is 14.9 Å². The fourth-order valence-electron chi connectivity index (χ4n) is 2.83. The van der Waals surface area contributed by atoms with Gasteiger partial charge in [-0.3, -0.25) is 14.9 Å². The summed E-state index contributed by atoms with van der Waals surface area (Å²) in [6, 6.07) is 6.42. The molecule has 1 saturated carbocycles. The Morgan fingerprint density at radius 2 is 2.04 bits per heavy atom. The number of carbonyl (C=O) groups excluding carboxylic acids is 1. The van der Waals surface area contributed by atoms with Gasteiger partial charge in [0.05, 0.1) is 10.7 Å². The van der Waals surface area contributed by atoms with Gasteiger partial charge in [0.1, 0.15) is 5.56 Å². The molecule has 1 N–H and O–H groups in total. The van der Waals surface area contributed by atoms with Crippen LogP contribution in [-0.4, -0.2) is 32.8 Å². The topological polar surface area (TPSA) is 111 Å². The summed E-state index contributed by atoms with van der Waals surface area (Å²) in [5, 5.41) is 22.0. The van der Waals surface area contributed by atoms with Gasteiger partial charge < -0.3 is 9.73 Å². The highest BCUT2D eigenvalue weighted by molar-refractivity contribution is 7.99. The van der Waals surface area contributed by atoms with Crippen molar-refractivity contribution in [2.75, 3.05) is 5.75 Å². The standard InChI is InChI=1S/C16H18N4O4S/c21-14(17-11-6-2-1-3-7-11)10-25-16-19-18-15(24-16)12-8-4-5-9-13(12)20(22)23/h4-5,8-9,11H,1-3,6-7,10H2,(H,17,21). The second-order valence-electron chi connectivity index (χ2n) is 5.84. The van der Waals surface area contributed by atoms with Gasteiger partial charge in [-0.15, -0.1) is 10.2 Å². The van der Waals surface area contributed by atoms with E-state index >= 15 is 0 Å². The van der Waals surface area contributed by atoms with E-state index in [1.54, 1.807) is 18.2 Å². The highest BCUT2D eigenvalue weighted by atomic mass is 32.2. The van der Waals surface area contributed by atoms with Crippen molar-refractivity contribution in [3.8, 4) is 11.5 Å². The molecule has 0 radical (unpaired) electrons. The first-order valence-electron chi connectivity index (χ1n) is 8.13. The molecule has 0 saturated heterocycles. The maximum absolute atomic E-state index is 12.0. The minimum Gasteiger partial charge on any atom is -0.411 e. The number of carbonyl (C=O) groups is 1. The number of nitrogens with one attached hydrogen (secondary N) is 1. The minimum absolute atomic E-state index is 0.0673. The Balaban J connectivity index is 1.59. The first-order chi connectivity index (χ1) is 12.1. The average Bonchev–Trinajstić information content (AvgIpc) is 3.10. The van der Waals surface area contributed by atoms with Crippen LogP contribution < -0.4 is 5.32 Å². The molecule has 0 spiro atoms. The van der Waals surface area contributed by atoms with Gasteiger partial charge in [0.25, 0.3) is 16.8 Å². The quantitative estimate of drug-likeness (QED) is 0.477. The van der Waals surface area contributed by atoms with Crippen molar-refractivity contribution in [3.63, 3.8) is 0 Å². The Labute approximate surface area is 148 Å². The lowest BCUT2D eigenvalue weighted by atomic mass is 9.95. The second-order valence-corrected chi connectivity index (χ2v) is 6.77.